The van der Waals surface area contributed by atoms with E-state index in [1.54, 1.807) is 0 Å². The number of benzene rings is 1. The van der Waals surface area contributed by atoms with Gasteiger partial charge in [-0.3, -0.25) is 0 Å². The molecule has 0 N–H and O–H groups in total. The third-order valence-electron chi connectivity index (χ3n) is 2.97. The zero-order valence-corrected chi connectivity index (χ0v) is 11.8. The molecule has 0 amide bonds. The molecule has 0 heterocycles. The van der Waals surface area contributed by atoms with Crippen LogP contribution in [0.5, 0.6) is 0 Å². The lowest BCUT2D eigenvalue weighted by Crippen LogP contribution is -1.98. The largest absolute Gasteiger partial charge is 0.463 e. The second-order valence-corrected chi connectivity index (χ2v) is 4.59. The van der Waals surface area contributed by atoms with Crippen molar-refractivity contribution in [3.8, 4) is 0 Å². The molecule has 0 aliphatic carbocycles. The molecule has 0 aliphatic heterocycles. The minimum atomic E-state index is -0.230. The van der Waals surface area contributed by atoms with Crippen LogP contribution in [0, 0.1) is 0 Å². The molecule has 0 saturated carbocycles. The lowest BCUT2D eigenvalue weighted by atomic mass is 10.1. The van der Waals surface area contributed by atoms with Gasteiger partial charge < -0.3 is 4.74 Å². The van der Waals surface area contributed by atoms with Crippen LogP contribution in [0.25, 0.3) is 0 Å². The van der Waals surface area contributed by atoms with E-state index in [1.165, 1.54) is 37.3 Å². The number of allylic oxidation sites excluding steroid dienone is 1. The lowest BCUT2D eigenvalue weighted by Gasteiger charge is -2.01. The molecule has 1 aromatic carbocycles. The first-order valence-corrected chi connectivity index (χ1v) is 7.20. The molecule has 0 aromatic heterocycles. The Morgan fingerprint density at radius 3 is 2.58 bits per heavy atom. The van der Waals surface area contributed by atoms with Gasteiger partial charge in [-0.25, -0.2) is 4.79 Å². The molecule has 0 radical (unpaired) electrons. The van der Waals surface area contributed by atoms with E-state index in [0.717, 1.165) is 12.8 Å². The van der Waals surface area contributed by atoms with Crippen molar-refractivity contribution in [3.63, 3.8) is 0 Å². The van der Waals surface area contributed by atoms with Gasteiger partial charge in [-0.05, 0) is 38.2 Å². The van der Waals surface area contributed by atoms with Crippen LogP contribution in [0.2, 0.25) is 0 Å². The van der Waals surface area contributed by atoms with Gasteiger partial charge in [-0.2, -0.15) is 0 Å². The van der Waals surface area contributed by atoms with Gasteiger partial charge in [0, 0.05) is 6.08 Å². The molecule has 0 bridgehead atoms. The molecule has 0 saturated heterocycles. The first-order chi connectivity index (χ1) is 9.33. The van der Waals surface area contributed by atoms with Crippen molar-refractivity contribution in [1.82, 2.24) is 0 Å². The summed E-state index contributed by atoms with van der Waals surface area (Å²) in [4.78, 5) is 11.0. The number of carbonyl (C=O) groups is 1. The fourth-order valence-electron chi connectivity index (χ4n) is 1.96. The van der Waals surface area contributed by atoms with Crippen molar-refractivity contribution in [2.24, 2.45) is 0 Å². The number of carbonyl (C=O) groups excluding carboxylic acids is 1. The molecule has 2 nitrogen and oxygen atoms in total. The topological polar surface area (TPSA) is 26.3 Å². The standard InChI is InChI=1S/C17H24O2/c1-2-19-17(18)15-11-6-4-3-5-8-12-16-13-9-7-10-14-16/h7,9-11,13-15H,2-6,8,12H2,1H3. The van der Waals surface area contributed by atoms with E-state index in [0.29, 0.717) is 6.61 Å². The number of esters is 1. The Morgan fingerprint density at radius 1 is 1.11 bits per heavy atom. The number of hydrogen-bond acceptors (Lipinski definition) is 2. The van der Waals surface area contributed by atoms with E-state index in [4.69, 9.17) is 4.74 Å². The van der Waals surface area contributed by atoms with Gasteiger partial charge >= 0.3 is 5.97 Å². The summed E-state index contributed by atoms with van der Waals surface area (Å²) in [6.45, 7) is 2.27. The Balaban J connectivity index is 1.95. The van der Waals surface area contributed by atoms with Crippen LogP contribution >= 0.6 is 0 Å². The van der Waals surface area contributed by atoms with Gasteiger partial charge in [0.05, 0.1) is 6.61 Å². The average molecular weight is 260 g/mol. The second kappa shape index (κ2) is 10.4. The molecule has 0 atom stereocenters. The van der Waals surface area contributed by atoms with E-state index in [1.807, 2.05) is 13.0 Å². The predicted molar refractivity (Wildman–Crippen MR) is 79.0 cm³/mol. The highest BCUT2D eigenvalue weighted by Crippen LogP contribution is 2.09. The van der Waals surface area contributed by atoms with Crippen molar-refractivity contribution in [2.75, 3.05) is 6.61 Å². The van der Waals surface area contributed by atoms with Crippen molar-refractivity contribution in [1.29, 1.82) is 0 Å². The van der Waals surface area contributed by atoms with E-state index in [9.17, 15) is 4.79 Å². The summed E-state index contributed by atoms with van der Waals surface area (Å²) in [5.74, 6) is -0.230. The molecule has 1 rings (SSSR count). The van der Waals surface area contributed by atoms with Gasteiger partial charge in [0.25, 0.3) is 0 Å². The Bertz CT molecular complexity index is 368. The third kappa shape index (κ3) is 8.20. The Kier molecular flexibility index (Phi) is 8.45. The van der Waals surface area contributed by atoms with Gasteiger partial charge in [0.2, 0.25) is 0 Å². The maximum Gasteiger partial charge on any atom is 0.330 e. The summed E-state index contributed by atoms with van der Waals surface area (Å²) in [6.07, 6.45) is 10.4. The first-order valence-electron chi connectivity index (χ1n) is 7.20. The number of ether oxygens (including phenoxy) is 1. The van der Waals surface area contributed by atoms with Crippen molar-refractivity contribution in [2.45, 2.75) is 45.4 Å². The van der Waals surface area contributed by atoms with E-state index in [-0.39, 0.29) is 5.97 Å². The maximum atomic E-state index is 11.0. The first kappa shape index (κ1) is 15.5. The van der Waals surface area contributed by atoms with Crippen LogP contribution in [0.15, 0.2) is 42.5 Å². The molecule has 0 unspecified atom stereocenters. The fourth-order valence-corrected chi connectivity index (χ4v) is 1.96. The number of hydrogen-bond donors (Lipinski definition) is 0. The lowest BCUT2D eigenvalue weighted by molar-refractivity contribution is -0.137. The minimum Gasteiger partial charge on any atom is -0.463 e. The molecule has 0 fully saturated rings. The van der Waals surface area contributed by atoms with Crippen LogP contribution in [0.1, 0.15) is 44.6 Å². The number of unbranched alkanes of at least 4 members (excludes halogenated alkanes) is 4. The highest BCUT2D eigenvalue weighted by molar-refractivity contribution is 5.81. The van der Waals surface area contributed by atoms with Crippen LogP contribution in [0.3, 0.4) is 0 Å². The van der Waals surface area contributed by atoms with Gasteiger partial charge in [-0.1, -0.05) is 49.2 Å². The molecule has 19 heavy (non-hydrogen) atoms. The zero-order chi connectivity index (χ0) is 13.8. The average Bonchev–Trinajstić information content (AvgIpc) is 2.43. The van der Waals surface area contributed by atoms with Crippen LogP contribution < -0.4 is 0 Å². The summed E-state index contributed by atoms with van der Waals surface area (Å²) in [7, 11) is 0. The molecule has 0 aliphatic rings. The summed E-state index contributed by atoms with van der Waals surface area (Å²) >= 11 is 0. The predicted octanol–water partition coefficient (Wildman–Crippen LogP) is 4.30. The quantitative estimate of drug-likeness (QED) is 0.376. The van der Waals surface area contributed by atoms with Crippen LogP contribution in [-0.4, -0.2) is 12.6 Å². The number of rotatable bonds is 9. The smallest absolute Gasteiger partial charge is 0.330 e. The summed E-state index contributed by atoms with van der Waals surface area (Å²) in [6, 6.07) is 10.6. The second-order valence-electron chi connectivity index (χ2n) is 4.59. The Morgan fingerprint density at radius 2 is 1.84 bits per heavy atom. The molecule has 1 aromatic rings. The van der Waals surface area contributed by atoms with E-state index >= 15 is 0 Å². The molecule has 0 spiro atoms. The fraction of sp³-hybridized carbons (Fsp3) is 0.471. The zero-order valence-electron chi connectivity index (χ0n) is 11.8. The highest BCUT2D eigenvalue weighted by atomic mass is 16.5. The monoisotopic (exact) mass is 260 g/mol. The highest BCUT2D eigenvalue weighted by Gasteiger charge is 1.94. The number of aryl methyl sites for hydroxylation is 1. The maximum absolute atomic E-state index is 11.0. The SMILES string of the molecule is CCOC(=O)C=CCCCCCCc1ccccc1. The Labute approximate surface area is 116 Å². The Hall–Kier alpha value is -1.57. The summed E-state index contributed by atoms with van der Waals surface area (Å²) in [5.41, 5.74) is 1.42. The minimum absolute atomic E-state index is 0.230. The third-order valence-corrected chi connectivity index (χ3v) is 2.97. The van der Waals surface area contributed by atoms with E-state index in [2.05, 4.69) is 30.3 Å². The van der Waals surface area contributed by atoms with Gasteiger partial charge in [-0.15, -0.1) is 0 Å². The molecule has 104 valence electrons. The van der Waals surface area contributed by atoms with E-state index < -0.39 is 0 Å². The summed E-state index contributed by atoms with van der Waals surface area (Å²) in [5, 5.41) is 0. The van der Waals surface area contributed by atoms with Crippen LogP contribution in [0.4, 0.5) is 0 Å². The normalized spacial score (nSPS) is 10.8. The van der Waals surface area contributed by atoms with Gasteiger partial charge in [0.15, 0.2) is 0 Å². The molecule has 2 heteroatoms. The molecular weight excluding hydrogens is 236 g/mol. The summed E-state index contributed by atoms with van der Waals surface area (Å²) < 4.78 is 4.81. The van der Waals surface area contributed by atoms with Crippen molar-refractivity contribution >= 4 is 5.97 Å². The van der Waals surface area contributed by atoms with Crippen LogP contribution in [-0.2, 0) is 16.0 Å². The van der Waals surface area contributed by atoms with Crippen molar-refractivity contribution < 1.29 is 9.53 Å². The molecular formula is C17H24O2. The van der Waals surface area contributed by atoms with Gasteiger partial charge in [0.1, 0.15) is 0 Å². The van der Waals surface area contributed by atoms with Crippen molar-refractivity contribution in [3.05, 3.63) is 48.0 Å².